The normalized spacial score (nSPS) is 35.9. The average Bonchev–Trinajstić information content (AvgIpc) is 3.02. The zero-order valence-electron chi connectivity index (χ0n) is 13.4. The van der Waals surface area contributed by atoms with Gasteiger partial charge >= 0.3 is 0 Å². The molecule has 0 aromatic rings. The van der Waals surface area contributed by atoms with Gasteiger partial charge in [0.25, 0.3) is 0 Å². The van der Waals surface area contributed by atoms with Gasteiger partial charge in [0.05, 0.1) is 5.92 Å². The van der Waals surface area contributed by atoms with E-state index in [0.717, 1.165) is 58.4 Å². The monoisotopic (exact) mass is 363 g/mol. The van der Waals surface area contributed by atoms with Crippen molar-refractivity contribution in [3.05, 3.63) is 0 Å². The van der Waals surface area contributed by atoms with Crippen LogP contribution in [-0.2, 0) is 9.59 Å². The molecule has 7 heteroatoms. The average molecular weight is 364 g/mol. The molecule has 0 aromatic carbocycles. The van der Waals surface area contributed by atoms with Crippen LogP contribution in [0.1, 0.15) is 32.1 Å². The van der Waals surface area contributed by atoms with Crippen LogP contribution in [0.15, 0.2) is 0 Å². The molecule has 0 saturated carbocycles. The van der Waals surface area contributed by atoms with E-state index in [0.29, 0.717) is 29.7 Å². The summed E-state index contributed by atoms with van der Waals surface area (Å²) in [6.45, 7) is 4.44. The molecular formula is C16H27Cl2N3O2. The van der Waals surface area contributed by atoms with Gasteiger partial charge in [0.2, 0.25) is 11.8 Å². The van der Waals surface area contributed by atoms with Crippen LogP contribution in [0.25, 0.3) is 0 Å². The van der Waals surface area contributed by atoms with Crippen LogP contribution >= 0.6 is 24.8 Å². The van der Waals surface area contributed by atoms with Gasteiger partial charge in [-0.25, -0.2) is 0 Å². The molecule has 0 aliphatic carbocycles. The molecule has 4 saturated heterocycles. The summed E-state index contributed by atoms with van der Waals surface area (Å²) in [6, 6.07) is 0.403. The molecule has 2 bridgehead atoms. The second kappa shape index (κ2) is 7.58. The first-order chi connectivity index (χ1) is 10.2. The maximum absolute atomic E-state index is 12.7. The molecular weight excluding hydrogens is 337 g/mol. The molecule has 1 unspecified atom stereocenters. The minimum atomic E-state index is 0. The number of hydrogen-bond donors (Lipinski definition) is 1. The van der Waals surface area contributed by atoms with E-state index in [1.165, 1.54) is 6.42 Å². The minimum Gasteiger partial charge on any atom is -0.342 e. The van der Waals surface area contributed by atoms with Crippen molar-refractivity contribution < 1.29 is 9.59 Å². The van der Waals surface area contributed by atoms with Crippen molar-refractivity contribution in [1.29, 1.82) is 0 Å². The van der Waals surface area contributed by atoms with E-state index < -0.39 is 0 Å². The zero-order chi connectivity index (χ0) is 14.4. The van der Waals surface area contributed by atoms with Gasteiger partial charge in [-0.3, -0.25) is 9.59 Å². The van der Waals surface area contributed by atoms with Crippen LogP contribution in [0, 0.1) is 17.8 Å². The second-order valence-electron chi connectivity index (χ2n) is 7.30. The maximum atomic E-state index is 12.7. The Morgan fingerprint density at radius 1 is 1.13 bits per heavy atom. The topological polar surface area (TPSA) is 52.7 Å². The van der Waals surface area contributed by atoms with E-state index in [1.54, 1.807) is 0 Å². The summed E-state index contributed by atoms with van der Waals surface area (Å²) >= 11 is 0. The molecule has 0 spiro atoms. The number of halogens is 2. The second-order valence-corrected chi connectivity index (χ2v) is 7.30. The molecule has 1 N–H and O–H groups in total. The summed E-state index contributed by atoms with van der Waals surface area (Å²) in [4.78, 5) is 29.0. The third kappa shape index (κ3) is 3.47. The lowest BCUT2D eigenvalue weighted by Gasteiger charge is -2.52. The molecule has 4 aliphatic rings. The Labute approximate surface area is 150 Å². The Kier molecular flexibility index (Phi) is 6.20. The quantitative estimate of drug-likeness (QED) is 0.763. The minimum absolute atomic E-state index is 0. The van der Waals surface area contributed by atoms with Crippen LogP contribution in [-0.4, -0.2) is 60.4 Å². The molecule has 23 heavy (non-hydrogen) atoms. The summed E-state index contributed by atoms with van der Waals surface area (Å²) in [5.74, 6) is 1.90. The number of piperidine rings is 3. The van der Waals surface area contributed by atoms with Crippen molar-refractivity contribution in [3.8, 4) is 0 Å². The number of amides is 2. The number of rotatable bonds is 1. The molecule has 5 nitrogen and oxygen atoms in total. The van der Waals surface area contributed by atoms with Crippen LogP contribution in [0.2, 0.25) is 0 Å². The Balaban J connectivity index is 0.000000960. The number of fused-ring (bicyclic) bond motifs is 4. The molecule has 0 radical (unpaired) electrons. The van der Waals surface area contributed by atoms with Crippen LogP contribution in [0.5, 0.6) is 0 Å². The lowest BCUT2D eigenvalue weighted by Crippen LogP contribution is -2.61. The van der Waals surface area contributed by atoms with E-state index >= 15 is 0 Å². The summed E-state index contributed by atoms with van der Waals surface area (Å²) in [5, 5.41) is 3.29. The SMILES string of the molecule is Cl.Cl.O=C(C1CCNC1)N1C[C@@H]2C[C@@H](C1)[C@@H]1CCCC(=O)N1C2. The Bertz CT molecular complexity index is 457. The highest BCUT2D eigenvalue weighted by molar-refractivity contribution is 5.85. The van der Waals surface area contributed by atoms with Gasteiger partial charge in [-0.2, -0.15) is 0 Å². The van der Waals surface area contributed by atoms with Crippen LogP contribution < -0.4 is 5.32 Å². The number of nitrogens with one attached hydrogen (secondary N) is 1. The molecule has 4 fully saturated rings. The Hall–Kier alpha value is -0.520. The van der Waals surface area contributed by atoms with E-state index in [-0.39, 0.29) is 30.7 Å². The van der Waals surface area contributed by atoms with Crippen molar-refractivity contribution in [2.45, 2.75) is 38.1 Å². The van der Waals surface area contributed by atoms with Crippen LogP contribution in [0.4, 0.5) is 0 Å². The van der Waals surface area contributed by atoms with Gasteiger partial charge in [-0.05, 0) is 44.1 Å². The predicted octanol–water partition coefficient (Wildman–Crippen LogP) is 1.30. The highest BCUT2D eigenvalue weighted by Crippen LogP contribution is 2.38. The smallest absolute Gasteiger partial charge is 0.227 e. The van der Waals surface area contributed by atoms with E-state index in [9.17, 15) is 9.59 Å². The first kappa shape index (κ1) is 18.8. The van der Waals surface area contributed by atoms with E-state index in [4.69, 9.17) is 0 Å². The number of likely N-dealkylation sites (tertiary alicyclic amines) is 1. The first-order valence-corrected chi connectivity index (χ1v) is 8.51. The van der Waals surface area contributed by atoms with Gasteiger partial charge < -0.3 is 15.1 Å². The highest BCUT2D eigenvalue weighted by Gasteiger charge is 2.45. The third-order valence-electron chi connectivity index (χ3n) is 5.90. The molecule has 2 amide bonds. The fraction of sp³-hybridized carbons (Fsp3) is 0.875. The maximum Gasteiger partial charge on any atom is 0.227 e. The lowest BCUT2D eigenvalue weighted by molar-refractivity contribution is -0.150. The molecule has 0 aromatic heterocycles. The fourth-order valence-electron chi connectivity index (χ4n) is 4.91. The number of hydrogen-bond acceptors (Lipinski definition) is 3. The van der Waals surface area contributed by atoms with Crippen molar-refractivity contribution >= 4 is 36.6 Å². The number of carbonyl (C=O) groups excluding carboxylic acids is 2. The van der Waals surface area contributed by atoms with Gasteiger partial charge in [-0.1, -0.05) is 0 Å². The predicted molar refractivity (Wildman–Crippen MR) is 93.0 cm³/mol. The summed E-state index contributed by atoms with van der Waals surface area (Å²) in [6.07, 6.45) is 5.09. The Morgan fingerprint density at radius 2 is 1.96 bits per heavy atom. The van der Waals surface area contributed by atoms with Crippen molar-refractivity contribution in [1.82, 2.24) is 15.1 Å². The fourth-order valence-corrected chi connectivity index (χ4v) is 4.91. The molecule has 4 rings (SSSR count). The molecule has 4 heterocycles. The van der Waals surface area contributed by atoms with Gasteiger partial charge in [-0.15, -0.1) is 24.8 Å². The van der Waals surface area contributed by atoms with Crippen molar-refractivity contribution in [3.63, 3.8) is 0 Å². The largest absolute Gasteiger partial charge is 0.342 e. The summed E-state index contributed by atoms with van der Waals surface area (Å²) in [7, 11) is 0. The zero-order valence-corrected chi connectivity index (χ0v) is 15.0. The number of carbonyl (C=O) groups is 2. The molecule has 4 atom stereocenters. The lowest BCUT2D eigenvalue weighted by atomic mass is 9.75. The first-order valence-electron chi connectivity index (χ1n) is 8.51. The number of nitrogens with zero attached hydrogens (tertiary/aromatic N) is 2. The van der Waals surface area contributed by atoms with Gasteiger partial charge in [0.1, 0.15) is 0 Å². The van der Waals surface area contributed by atoms with Crippen molar-refractivity contribution in [2.24, 2.45) is 17.8 Å². The van der Waals surface area contributed by atoms with Crippen LogP contribution in [0.3, 0.4) is 0 Å². The summed E-state index contributed by atoms with van der Waals surface area (Å²) in [5.41, 5.74) is 0. The molecule has 132 valence electrons. The van der Waals surface area contributed by atoms with E-state index in [1.807, 2.05) is 0 Å². The molecule has 4 aliphatic heterocycles. The standard InChI is InChI=1S/C16H25N3O2.2ClH/c20-15-3-1-2-14-13-6-11(9-19(14)15)8-18(10-13)16(21)12-4-5-17-7-12;;/h11-14,17H,1-10H2;2*1H/t11-,12?,13-,14-;;/m0../s1. The van der Waals surface area contributed by atoms with Crippen molar-refractivity contribution in [2.75, 3.05) is 32.7 Å². The van der Waals surface area contributed by atoms with Gasteiger partial charge in [0, 0.05) is 38.6 Å². The highest BCUT2D eigenvalue weighted by atomic mass is 35.5. The Morgan fingerprint density at radius 3 is 2.70 bits per heavy atom. The van der Waals surface area contributed by atoms with E-state index in [2.05, 4.69) is 15.1 Å². The third-order valence-corrected chi connectivity index (χ3v) is 5.90. The summed E-state index contributed by atoms with van der Waals surface area (Å²) < 4.78 is 0. The van der Waals surface area contributed by atoms with Gasteiger partial charge in [0.15, 0.2) is 0 Å².